The summed E-state index contributed by atoms with van der Waals surface area (Å²) in [5.74, 6) is 2.07. The second-order valence-corrected chi connectivity index (χ2v) is 9.55. The van der Waals surface area contributed by atoms with Crippen LogP contribution in [-0.4, -0.2) is 33.3 Å². The number of alkyl carbamates (subject to hydrolysis) is 1. The summed E-state index contributed by atoms with van der Waals surface area (Å²) in [7, 11) is 0. The van der Waals surface area contributed by atoms with Gasteiger partial charge in [0.25, 0.3) is 0 Å². The summed E-state index contributed by atoms with van der Waals surface area (Å²) in [6.07, 6.45) is 6.69. The molecule has 3 N–H and O–H groups in total. The van der Waals surface area contributed by atoms with Crippen molar-refractivity contribution < 1.29 is 9.53 Å². The largest absolute Gasteiger partial charge is 0.446 e. The average Bonchev–Trinajstić information content (AvgIpc) is 3.18. The first-order chi connectivity index (χ1) is 15.4. The van der Waals surface area contributed by atoms with Gasteiger partial charge in [-0.05, 0) is 49.5 Å². The molecule has 3 aromatic rings. The highest BCUT2D eigenvalue weighted by Crippen LogP contribution is 2.35. The Morgan fingerprint density at radius 2 is 2.09 bits per heavy atom. The van der Waals surface area contributed by atoms with E-state index in [2.05, 4.69) is 46.7 Å². The van der Waals surface area contributed by atoms with Crippen LogP contribution in [0.3, 0.4) is 0 Å². The van der Waals surface area contributed by atoms with E-state index in [0.717, 1.165) is 54.2 Å². The molecule has 1 unspecified atom stereocenters. The highest BCUT2D eigenvalue weighted by Gasteiger charge is 2.33. The minimum atomic E-state index is -0.285. The van der Waals surface area contributed by atoms with Crippen LogP contribution in [0.25, 0.3) is 21.9 Å². The van der Waals surface area contributed by atoms with Gasteiger partial charge in [-0.15, -0.1) is 0 Å². The van der Waals surface area contributed by atoms with Crippen LogP contribution in [-0.2, 0) is 11.3 Å². The maximum absolute atomic E-state index is 12.4. The van der Waals surface area contributed by atoms with Gasteiger partial charge in [-0.25, -0.2) is 14.8 Å². The van der Waals surface area contributed by atoms with Crippen LogP contribution in [0, 0.1) is 17.8 Å². The quantitative estimate of drug-likeness (QED) is 0.499. The van der Waals surface area contributed by atoms with Gasteiger partial charge in [-0.3, -0.25) is 0 Å². The maximum atomic E-state index is 12.4. The predicted molar refractivity (Wildman–Crippen MR) is 128 cm³/mol. The molecule has 7 nitrogen and oxygen atoms in total. The van der Waals surface area contributed by atoms with Crippen LogP contribution in [0.1, 0.15) is 52.9 Å². The number of aromatic nitrogens is 3. The molecule has 3 atom stereocenters. The average molecular weight is 438 g/mol. The van der Waals surface area contributed by atoms with E-state index in [1.165, 1.54) is 6.42 Å². The first kappa shape index (κ1) is 22.4. The molecule has 1 aromatic carbocycles. The van der Waals surface area contributed by atoms with Gasteiger partial charge in [0, 0.05) is 18.5 Å². The Labute approximate surface area is 189 Å². The van der Waals surface area contributed by atoms with Crippen molar-refractivity contribution in [2.24, 2.45) is 17.8 Å². The van der Waals surface area contributed by atoms with Gasteiger partial charge < -0.3 is 20.4 Å². The monoisotopic (exact) mass is 437 g/mol. The summed E-state index contributed by atoms with van der Waals surface area (Å²) in [6, 6.07) is 7.98. The number of nitrogens with one attached hydrogen (secondary N) is 1. The zero-order valence-electron chi connectivity index (χ0n) is 19.4. The van der Waals surface area contributed by atoms with Crippen LogP contribution in [0.5, 0.6) is 0 Å². The fraction of sp³-hybridized carbons (Fsp3) is 0.560. The van der Waals surface area contributed by atoms with Gasteiger partial charge in [0.2, 0.25) is 0 Å². The van der Waals surface area contributed by atoms with E-state index < -0.39 is 0 Å². The SMILES string of the molecule is CC(C)C1CC[C@@H](C)C[C@H]1OC(=O)NCCCCn1cnc2c(N)nc3ccccc3c21. The first-order valence-electron chi connectivity index (χ1n) is 11.9. The molecule has 4 rings (SSSR count). The number of pyridine rings is 1. The maximum Gasteiger partial charge on any atom is 0.407 e. The summed E-state index contributed by atoms with van der Waals surface area (Å²) in [5, 5.41) is 4.00. The number of para-hydroxylation sites is 1. The number of nitrogen functional groups attached to an aromatic ring is 1. The molecule has 1 fully saturated rings. The van der Waals surface area contributed by atoms with E-state index in [0.29, 0.717) is 30.1 Å². The molecule has 0 spiro atoms. The molecule has 32 heavy (non-hydrogen) atoms. The molecule has 172 valence electrons. The van der Waals surface area contributed by atoms with Crippen molar-refractivity contribution in [2.45, 2.75) is 65.5 Å². The van der Waals surface area contributed by atoms with E-state index >= 15 is 0 Å². The Bertz CT molecular complexity index is 1080. The molecule has 1 saturated carbocycles. The number of hydrogen-bond donors (Lipinski definition) is 2. The third-order valence-electron chi connectivity index (χ3n) is 6.80. The van der Waals surface area contributed by atoms with Crippen molar-refractivity contribution in [3.8, 4) is 0 Å². The number of anilines is 1. The van der Waals surface area contributed by atoms with Gasteiger partial charge in [-0.2, -0.15) is 0 Å². The smallest absolute Gasteiger partial charge is 0.407 e. The van der Waals surface area contributed by atoms with Crippen molar-refractivity contribution >= 4 is 33.8 Å². The summed E-state index contributed by atoms with van der Waals surface area (Å²) in [4.78, 5) is 21.3. The van der Waals surface area contributed by atoms with Crippen molar-refractivity contribution in [3.05, 3.63) is 30.6 Å². The van der Waals surface area contributed by atoms with Crippen LogP contribution >= 0.6 is 0 Å². The van der Waals surface area contributed by atoms with E-state index in [4.69, 9.17) is 10.5 Å². The van der Waals surface area contributed by atoms with Gasteiger partial charge in [0.05, 0.1) is 17.4 Å². The molecule has 7 heteroatoms. The molecule has 0 radical (unpaired) electrons. The number of imidazole rings is 1. The predicted octanol–water partition coefficient (Wildman–Crippen LogP) is 5.13. The minimum absolute atomic E-state index is 0.0309. The van der Waals surface area contributed by atoms with Crippen LogP contribution in [0.4, 0.5) is 10.6 Å². The normalized spacial score (nSPS) is 21.3. The highest BCUT2D eigenvalue weighted by atomic mass is 16.6. The van der Waals surface area contributed by atoms with Gasteiger partial charge in [0.1, 0.15) is 11.6 Å². The Morgan fingerprint density at radius 1 is 1.28 bits per heavy atom. The molecule has 0 saturated heterocycles. The van der Waals surface area contributed by atoms with Gasteiger partial charge in [-0.1, -0.05) is 45.4 Å². The lowest BCUT2D eigenvalue weighted by Crippen LogP contribution is -2.39. The zero-order chi connectivity index (χ0) is 22.7. The molecule has 2 aromatic heterocycles. The van der Waals surface area contributed by atoms with E-state index in [9.17, 15) is 4.79 Å². The van der Waals surface area contributed by atoms with Crippen LogP contribution < -0.4 is 11.1 Å². The number of fused-ring (bicyclic) bond motifs is 3. The second-order valence-electron chi connectivity index (χ2n) is 9.55. The number of benzene rings is 1. The molecule has 0 bridgehead atoms. The van der Waals surface area contributed by atoms with Crippen LogP contribution in [0.2, 0.25) is 0 Å². The van der Waals surface area contributed by atoms with Crippen molar-refractivity contribution in [1.82, 2.24) is 19.9 Å². The fourth-order valence-corrected chi connectivity index (χ4v) is 5.00. The number of nitrogens with zero attached hydrogens (tertiary/aromatic N) is 3. The van der Waals surface area contributed by atoms with Crippen molar-refractivity contribution in [2.75, 3.05) is 12.3 Å². The van der Waals surface area contributed by atoms with E-state index in [1.54, 1.807) is 0 Å². The third-order valence-corrected chi connectivity index (χ3v) is 6.80. The molecule has 1 amide bonds. The highest BCUT2D eigenvalue weighted by molar-refractivity contribution is 6.06. The summed E-state index contributed by atoms with van der Waals surface area (Å²) in [5.41, 5.74) is 8.75. The number of amides is 1. The Morgan fingerprint density at radius 3 is 2.91 bits per heavy atom. The second kappa shape index (κ2) is 9.76. The topological polar surface area (TPSA) is 95.1 Å². The van der Waals surface area contributed by atoms with Gasteiger partial charge >= 0.3 is 6.09 Å². The van der Waals surface area contributed by atoms with E-state index in [-0.39, 0.29) is 12.2 Å². The molecular formula is C25H35N5O2. The lowest BCUT2D eigenvalue weighted by molar-refractivity contribution is 0.00622. The van der Waals surface area contributed by atoms with E-state index in [1.807, 2.05) is 24.5 Å². The fourth-order valence-electron chi connectivity index (χ4n) is 5.00. The molecule has 1 aliphatic carbocycles. The standard InChI is InChI=1S/C25H35N5O2/c1-16(2)18-11-10-17(3)14-21(18)32-25(31)27-12-6-7-13-30-15-28-22-23(30)19-8-4-5-9-20(19)29-24(22)26/h4-5,8-9,15-18,21H,6-7,10-14H2,1-3H3,(H2,26,29)(H,27,31)/t17-,18?,21-/m1/s1. The zero-order valence-corrected chi connectivity index (χ0v) is 19.4. The minimum Gasteiger partial charge on any atom is -0.446 e. The number of nitrogens with two attached hydrogens (primary N) is 1. The lowest BCUT2D eigenvalue weighted by atomic mass is 9.75. The number of rotatable bonds is 7. The molecule has 2 heterocycles. The summed E-state index contributed by atoms with van der Waals surface area (Å²) in [6.45, 7) is 8.10. The number of unbranched alkanes of at least 4 members (excludes halogenated alkanes) is 1. The molecule has 0 aliphatic heterocycles. The number of ether oxygens (including phenoxy) is 1. The molecular weight excluding hydrogens is 402 g/mol. The van der Waals surface area contributed by atoms with Crippen molar-refractivity contribution in [3.63, 3.8) is 0 Å². The third kappa shape index (κ3) is 4.81. The Kier molecular flexibility index (Phi) is 6.82. The number of carbonyl (C=O) groups excluding carboxylic acids is 1. The lowest BCUT2D eigenvalue weighted by Gasteiger charge is -2.36. The Balaban J connectivity index is 1.29. The summed E-state index contributed by atoms with van der Waals surface area (Å²) < 4.78 is 7.95. The van der Waals surface area contributed by atoms with Crippen molar-refractivity contribution in [1.29, 1.82) is 0 Å². The summed E-state index contributed by atoms with van der Waals surface area (Å²) >= 11 is 0. The van der Waals surface area contributed by atoms with Crippen LogP contribution in [0.15, 0.2) is 30.6 Å². The molecule has 1 aliphatic rings. The number of aryl methyl sites for hydroxylation is 1. The Hall–Kier alpha value is -2.83. The van der Waals surface area contributed by atoms with Gasteiger partial charge in [0.15, 0.2) is 5.82 Å². The number of carbonyl (C=O) groups is 1. The first-order valence-corrected chi connectivity index (χ1v) is 11.9. The number of hydrogen-bond acceptors (Lipinski definition) is 5.